The van der Waals surface area contributed by atoms with Crippen LogP contribution in [-0.2, 0) is 4.79 Å². The van der Waals surface area contributed by atoms with Crippen LogP contribution in [0.2, 0.25) is 0 Å². The van der Waals surface area contributed by atoms with Crippen molar-refractivity contribution in [3.05, 3.63) is 0 Å². The number of fused-ring (bicyclic) bond motifs is 2. The number of nitrogens with two attached hydrogens (primary N) is 1. The number of carbonyl (C=O) groups is 1. The van der Waals surface area contributed by atoms with Gasteiger partial charge in [0.25, 0.3) is 0 Å². The van der Waals surface area contributed by atoms with Crippen molar-refractivity contribution in [2.45, 2.75) is 25.7 Å². The molecule has 0 spiro atoms. The second-order valence-electron chi connectivity index (χ2n) is 3.79. The van der Waals surface area contributed by atoms with Gasteiger partial charge in [-0.1, -0.05) is 6.42 Å². The van der Waals surface area contributed by atoms with Gasteiger partial charge < -0.3 is 0 Å². The molecule has 3 atom stereocenters. The van der Waals surface area contributed by atoms with Gasteiger partial charge in [0.2, 0.25) is 5.91 Å². The zero-order chi connectivity index (χ0) is 7.84. The summed E-state index contributed by atoms with van der Waals surface area (Å²) in [5.41, 5.74) is 2.25. The zero-order valence-corrected chi connectivity index (χ0v) is 6.55. The molecule has 0 unspecified atom stereocenters. The summed E-state index contributed by atoms with van der Waals surface area (Å²) in [4.78, 5) is 11.2. The molecule has 0 radical (unpaired) electrons. The third kappa shape index (κ3) is 1.03. The average molecular weight is 154 g/mol. The van der Waals surface area contributed by atoms with Crippen LogP contribution in [0.4, 0.5) is 0 Å². The van der Waals surface area contributed by atoms with E-state index in [9.17, 15) is 4.79 Å². The molecule has 3 heteroatoms. The fraction of sp³-hybridized carbons (Fsp3) is 0.875. The van der Waals surface area contributed by atoms with Crippen LogP contribution in [0.3, 0.4) is 0 Å². The molecule has 0 saturated heterocycles. The number of amides is 1. The van der Waals surface area contributed by atoms with Gasteiger partial charge in [0, 0.05) is 5.92 Å². The van der Waals surface area contributed by atoms with E-state index in [0.717, 1.165) is 12.3 Å². The van der Waals surface area contributed by atoms with E-state index in [1.807, 2.05) is 0 Å². The quantitative estimate of drug-likeness (QED) is 0.326. The highest BCUT2D eigenvalue weighted by molar-refractivity contribution is 5.78. The third-order valence-electron chi connectivity index (χ3n) is 3.22. The molecule has 0 aromatic carbocycles. The molecule has 2 fully saturated rings. The highest BCUT2D eigenvalue weighted by Crippen LogP contribution is 2.48. The first-order valence-electron chi connectivity index (χ1n) is 4.31. The van der Waals surface area contributed by atoms with Crippen molar-refractivity contribution in [3.63, 3.8) is 0 Å². The Labute approximate surface area is 66.3 Å². The Bertz CT molecular complexity index is 181. The topological polar surface area (TPSA) is 55.1 Å². The van der Waals surface area contributed by atoms with Crippen molar-refractivity contribution in [3.8, 4) is 0 Å². The van der Waals surface area contributed by atoms with Crippen molar-refractivity contribution in [2.24, 2.45) is 23.6 Å². The average Bonchev–Trinajstić information content (AvgIpc) is 2.62. The summed E-state index contributed by atoms with van der Waals surface area (Å²) in [5.74, 6) is 6.84. The van der Waals surface area contributed by atoms with E-state index in [4.69, 9.17) is 5.84 Å². The summed E-state index contributed by atoms with van der Waals surface area (Å²) in [6, 6.07) is 0. The van der Waals surface area contributed by atoms with Crippen LogP contribution >= 0.6 is 0 Å². The van der Waals surface area contributed by atoms with Gasteiger partial charge in [-0.15, -0.1) is 0 Å². The lowest BCUT2D eigenvalue weighted by molar-refractivity contribution is -0.126. The minimum Gasteiger partial charge on any atom is -0.294 e. The number of hydrogen-bond acceptors (Lipinski definition) is 2. The molecule has 2 aliphatic carbocycles. The normalized spacial score (nSPS) is 41.0. The van der Waals surface area contributed by atoms with Crippen LogP contribution in [-0.4, -0.2) is 5.91 Å². The Morgan fingerprint density at radius 3 is 2.64 bits per heavy atom. The standard InChI is InChI=1S/C8H14N2O/c9-10-8(11)7-4-5-1-2-6(7)3-5/h5-7H,1-4,9H2,(H,10,11)/t5-,6-,7+/m0/s1. The van der Waals surface area contributed by atoms with E-state index in [0.29, 0.717) is 5.92 Å². The Kier molecular flexibility index (Phi) is 1.60. The summed E-state index contributed by atoms with van der Waals surface area (Å²) >= 11 is 0. The number of carbonyl (C=O) groups excluding carboxylic acids is 1. The number of nitrogens with one attached hydrogen (secondary N) is 1. The van der Waals surface area contributed by atoms with Gasteiger partial charge in [-0.05, 0) is 31.1 Å². The van der Waals surface area contributed by atoms with Crippen LogP contribution in [0.1, 0.15) is 25.7 Å². The molecular formula is C8H14N2O. The lowest BCUT2D eigenvalue weighted by Crippen LogP contribution is -2.37. The van der Waals surface area contributed by atoms with Crippen molar-refractivity contribution in [2.75, 3.05) is 0 Å². The Balaban J connectivity index is 2.02. The molecule has 2 rings (SSSR count). The van der Waals surface area contributed by atoms with Crippen LogP contribution in [0.15, 0.2) is 0 Å². The molecule has 0 aromatic rings. The molecule has 11 heavy (non-hydrogen) atoms. The molecule has 0 aromatic heterocycles. The highest BCUT2D eigenvalue weighted by Gasteiger charge is 2.42. The first kappa shape index (κ1) is 7.10. The smallest absolute Gasteiger partial charge is 0.237 e. The van der Waals surface area contributed by atoms with Crippen LogP contribution in [0.25, 0.3) is 0 Å². The summed E-state index contributed by atoms with van der Waals surface area (Å²) in [7, 11) is 0. The van der Waals surface area contributed by atoms with Crippen LogP contribution < -0.4 is 11.3 Å². The van der Waals surface area contributed by atoms with E-state index in [1.165, 1.54) is 19.3 Å². The molecule has 3 nitrogen and oxygen atoms in total. The highest BCUT2D eigenvalue weighted by atomic mass is 16.2. The van der Waals surface area contributed by atoms with Gasteiger partial charge in [0.1, 0.15) is 0 Å². The lowest BCUT2D eigenvalue weighted by atomic mass is 9.88. The zero-order valence-electron chi connectivity index (χ0n) is 6.55. The predicted molar refractivity (Wildman–Crippen MR) is 41.3 cm³/mol. The van der Waals surface area contributed by atoms with Gasteiger partial charge in [-0.2, -0.15) is 0 Å². The Hall–Kier alpha value is -0.570. The summed E-state index contributed by atoms with van der Waals surface area (Å²) < 4.78 is 0. The first-order chi connectivity index (χ1) is 5.31. The fourth-order valence-electron chi connectivity index (χ4n) is 2.67. The number of hydrogen-bond donors (Lipinski definition) is 2. The second-order valence-corrected chi connectivity index (χ2v) is 3.79. The van der Waals surface area contributed by atoms with Gasteiger partial charge in [0.05, 0.1) is 0 Å². The van der Waals surface area contributed by atoms with Crippen molar-refractivity contribution in [1.29, 1.82) is 0 Å². The first-order valence-corrected chi connectivity index (χ1v) is 4.31. The molecule has 3 N–H and O–H groups in total. The molecular weight excluding hydrogens is 140 g/mol. The van der Waals surface area contributed by atoms with Gasteiger partial charge >= 0.3 is 0 Å². The second kappa shape index (κ2) is 2.48. The van der Waals surface area contributed by atoms with Crippen LogP contribution in [0, 0.1) is 17.8 Å². The minimum atomic E-state index is 0.0530. The monoisotopic (exact) mass is 154 g/mol. The Morgan fingerprint density at radius 1 is 1.36 bits per heavy atom. The molecule has 62 valence electrons. The third-order valence-corrected chi connectivity index (χ3v) is 3.22. The maximum Gasteiger partial charge on any atom is 0.237 e. The van der Waals surface area contributed by atoms with Gasteiger partial charge in [-0.3, -0.25) is 10.2 Å². The maximum absolute atomic E-state index is 11.2. The van der Waals surface area contributed by atoms with E-state index >= 15 is 0 Å². The number of hydrazine groups is 1. The Morgan fingerprint density at radius 2 is 2.18 bits per heavy atom. The summed E-state index contributed by atoms with van der Waals surface area (Å²) in [6.45, 7) is 0. The molecule has 0 heterocycles. The predicted octanol–water partition coefficient (Wildman–Crippen LogP) is 0.412. The van der Waals surface area contributed by atoms with Crippen molar-refractivity contribution in [1.82, 2.24) is 5.43 Å². The lowest BCUT2D eigenvalue weighted by Gasteiger charge is -2.19. The summed E-state index contributed by atoms with van der Waals surface area (Å²) in [5, 5.41) is 0. The van der Waals surface area contributed by atoms with Gasteiger partial charge in [-0.25, -0.2) is 5.84 Å². The molecule has 2 bridgehead atoms. The van der Waals surface area contributed by atoms with Crippen LogP contribution in [0.5, 0.6) is 0 Å². The van der Waals surface area contributed by atoms with Gasteiger partial charge in [0.15, 0.2) is 0 Å². The summed E-state index contributed by atoms with van der Waals surface area (Å²) in [6.07, 6.45) is 4.91. The van der Waals surface area contributed by atoms with E-state index in [1.54, 1.807) is 0 Å². The molecule has 2 saturated carbocycles. The SMILES string of the molecule is NNC(=O)[C@@H]1C[C@H]2CC[C@H]1C2. The van der Waals surface area contributed by atoms with E-state index < -0.39 is 0 Å². The number of rotatable bonds is 1. The molecule has 1 amide bonds. The van der Waals surface area contributed by atoms with Crippen molar-refractivity contribution >= 4 is 5.91 Å². The maximum atomic E-state index is 11.2. The molecule has 2 aliphatic rings. The van der Waals surface area contributed by atoms with E-state index in [2.05, 4.69) is 5.43 Å². The largest absolute Gasteiger partial charge is 0.294 e. The van der Waals surface area contributed by atoms with E-state index in [-0.39, 0.29) is 11.8 Å². The molecule has 0 aliphatic heterocycles. The van der Waals surface area contributed by atoms with Crippen molar-refractivity contribution < 1.29 is 4.79 Å². The minimum absolute atomic E-state index is 0.0530. The fourth-order valence-corrected chi connectivity index (χ4v) is 2.67.